The van der Waals surface area contributed by atoms with Crippen LogP contribution in [0.1, 0.15) is 25.3 Å². The first-order valence-electron chi connectivity index (χ1n) is 9.41. The Labute approximate surface area is 165 Å². The van der Waals surface area contributed by atoms with Crippen molar-refractivity contribution in [2.75, 3.05) is 0 Å². The zero-order valence-corrected chi connectivity index (χ0v) is 15.8. The van der Waals surface area contributed by atoms with Gasteiger partial charge in [0.15, 0.2) is 5.58 Å². The van der Waals surface area contributed by atoms with Crippen molar-refractivity contribution >= 4 is 28.0 Å². The molecule has 0 atom stereocenters. The van der Waals surface area contributed by atoms with Crippen LogP contribution >= 0.6 is 0 Å². The molecule has 7 heteroatoms. The van der Waals surface area contributed by atoms with E-state index < -0.39 is 17.4 Å². The van der Waals surface area contributed by atoms with Crippen molar-refractivity contribution in [2.24, 2.45) is 0 Å². The summed E-state index contributed by atoms with van der Waals surface area (Å²) in [6.45, 7) is 2.17. The Morgan fingerprint density at radius 2 is 1.86 bits per heavy atom. The lowest BCUT2D eigenvalue weighted by Gasteiger charge is -2.08. The van der Waals surface area contributed by atoms with Gasteiger partial charge >= 0.3 is 17.4 Å². The minimum Gasteiger partial charge on any atom is -0.426 e. The second kappa shape index (κ2) is 7.79. The summed E-state index contributed by atoms with van der Waals surface area (Å²) < 4.78 is 17.2. The molecule has 4 aromatic rings. The summed E-state index contributed by atoms with van der Waals surface area (Å²) in [5.74, 6) is -0.743. The van der Waals surface area contributed by atoms with Gasteiger partial charge in [-0.05, 0) is 36.2 Å². The van der Waals surface area contributed by atoms with E-state index in [0.717, 1.165) is 23.8 Å². The first kappa shape index (κ1) is 18.7. The molecule has 0 bridgehead atoms. The number of para-hydroxylation sites is 2. The van der Waals surface area contributed by atoms with Crippen LogP contribution in [0.25, 0.3) is 22.1 Å². The van der Waals surface area contributed by atoms with Crippen molar-refractivity contribution in [1.82, 2.24) is 4.57 Å². The van der Waals surface area contributed by atoms with Crippen molar-refractivity contribution < 1.29 is 18.4 Å². The molecule has 29 heavy (non-hydrogen) atoms. The summed E-state index contributed by atoms with van der Waals surface area (Å²) in [7, 11) is 0. The van der Waals surface area contributed by atoms with E-state index in [9.17, 15) is 14.4 Å². The molecule has 0 amide bonds. The second-order valence-electron chi connectivity index (χ2n) is 6.71. The Hall–Kier alpha value is -3.61. The number of nitrogens with zero attached hydrogens (tertiary/aromatic N) is 1. The lowest BCUT2D eigenvalue weighted by atomic mass is 10.1. The molecule has 0 unspecified atom stereocenters. The van der Waals surface area contributed by atoms with Crippen LogP contribution in [0.2, 0.25) is 0 Å². The Morgan fingerprint density at radius 3 is 2.69 bits per heavy atom. The summed E-state index contributed by atoms with van der Waals surface area (Å²) >= 11 is 0. The van der Waals surface area contributed by atoms with Gasteiger partial charge in [0.25, 0.3) is 0 Å². The van der Waals surface area contributed by atoms with E-state index in [1.54, 1.807) is 36.4 Å². The fraction of sp³-hybridized carbons (Fsp3) is 0.227. The number of hydrogen-bond acceptors (Lipinski definition) is 6. The largest absolute Gasteiger partial charge is 0.426 e. The number of fused-ring (bicyclic) bond motifs is 2. The number of hydrogen-bond donors (Lipinski definition) is 0. The Kier molecular flexibility index (Phi) is 5.03. The van der Waals surface area contributed by atoms with Crippen molar-refractivity contribution in [3.8, 4) is 5.75 Å². The van der Waals surface area contributed by atoms with E-state index in [0.29, 0.717) is 16.7 Å². The Morgan fingerprint density at radius 1 is 1.03 bits per heavy atom. The standard InChI is InChI=1S/C22H19NO6/c1-2-5-14-12-21(25)28-19-13-15(8-9-16(14)19)27-20(24)10-11-23-17-6-3-4-7-18(17)29-22(23)26/h3-4,6-9,12-13H,2,5,10-11H2,1H3. The lowest BCUT2D eigenvalue weighted by molar-refractivity contribution is -0.134. The van der Waals surface area contributed by atoms with Crippen LogP contribution in [0, 0.1) is 0 Å². The number of oxazole rings is 1. The third kappa shape index (κ3) is 3.85. The molecule has 7 nitrogen and oxygen atoms in total. The summed E-state index contributed by atoms with van der Waals surface area (Å²) in [5, 5.41) is 0.822. The average molecular weight is 393 g/mol. The molecule has 2 aromatic carbocycles. The monoisotopic (exact) mass is 393 g/mol. The normalized spacial score (nSPS) is 11.2. The van der Waals surface area contributed by atoms with Crippen molar-refractivity contribution in [3.63, 3.8) is 0 Å². The minimum absolute atomic E-state index is 0.0126. The summed E-state index contributed by atoms with van der Waals surface area (Å²) in [4.78, 5) is 36.0. The van der Waals surface area contributed by atoms with Crippen LogP contribution < -0.4 is 16.1 Å². The number of ether oxygens (including phenoxy) is 1. The average Bonchev–Trinajstić information content (AvgIpc) is 3.01. The van der Waals surface area contributed by atoms with Gasteiger partial charge in [0.05, 0.1) is 11.9 Å². The molecule has 0 aliphatic rings. The molecule has 2 aromatic heterocycles. The Balaban J connectivity index is 1.51. The van der Waals surface area contributed by atoms with E-state index in [2.05, 4.69) is 0 Å². The third-order valence-electron chi connectivity index (χ3n) is 4.67. The summed E-state index contributed by atoms with van der Waals surface area (Å²) in [5.41, 5.74) is 1.95. The quantitative estimate of drug-likeness (QED) is 0.282. The van der Waals surface area contributed by atoms with Crippen LogP contribution in [0.4, 0.5) is 0 Å². The highest BCUT2D eigenvalue weighted by molar-refractivity contribution is 5.83. The van der Waals surface area contributed by atoms with Crippen molar-refractivity contribution in [1.29, 1.82) is 0 Å². The maximum atomic E-state index is 12.3. The van der Waals surface area contributed by atoms with Crippen LogP contribution in [0.15, 0.2) is 67.0 Å². The van der Waals surface area contributed by atoms with Crippen LogP contribution in [0.5, 0.6) is 5.75 Å². The number of aryl methyl sites for hydroxylation is 2. The second-order valence-corrected chi connectivity index (χ2v) is 6.71. The van der Waals surface area contributed by atoms with Gasteiger partial charge in [-0.2, -0.15) is 0 Å². The molecule has 4 rings (SSSR count). The SMILES string of the molecule is CCCc1cc(=O)oc2cc(OC(=O)CCn3c(=O)oc4ccccc43)ccc12. The molecular weight excluding hydrogens is 374 g/mol. The Bertz CT molecular complexity index is 1310. The van der Waals surface area contributed by atoms with Gasteiger partial charge < -0.3 is 13.6 Å². The molecule has 2 heterocycles. The molecule has 0 N–H and O–H groups in total. The minimum atomic E-state index is -0.519. The number of benzene rings is 2. The first-order chi connectivity index (χ1) is 14.0. The first-order valence-corrected chi connectivity index (χ1v) is 9.41. The maximum absolute atomic E-state index is 12.3. The van der Waals surface area contributed by atoms with Gasteiger partial charge in [0.2, 0.25) is 0 Å². The molecule has 148 valence electrons. The number of esters is 1. The van der Waals surface area contributed by atoms with E-state index in [1.807, 2.05) is 6.92 Å². The molecule has 0 aliphatic carbocycles. The van der Waals surface area contributed by atoms with Gasteiger partial charge in [0, 0.05) is 24.1 Å². The highest BCUT2D eigenvalue weighted by Gasteiger charge is 2.13. The van der Waals surface area contributed by atoms with Gasteiger partial charge in [-0.3, -0.25) is 9.36 Å². The molecule has 0 saturated carbocycles. The zero-order chi connectivity index (χ0) is 20.4. The molecule has 0 spiro atoms. The number of rotatable bonds is 6. The van der Waals surface area contributed by atoms with E-state index >= 15 is 0 Å². The predicted molar refractivity (Wildman–Crippen MR) is 107 cm³/mol. The number of carbonyl (C=O) groups excluding carboxylic acids is 1. The van der Waals surface area contributed by atoms with Crippen molar-refractivity contribution in [2.45, 2.75) is 32.7 Å². The topological polar surface area (TPSA) is 91.6 Å². The van der Waals surface area contributed by atoms with E-state index in [-0.39, 0.29) is 18.7 Å². The predicted octanol–water partition coefficient (Wildman–Crippen LogP) is 3.65. The van der Waals surface area contributed by atoms with Gasteiger partial charge in [0.1, 0.15) is 11.3 Å². The molecule has 0 radical (unpaired) electrons. The van der Waals surface area contributed by atoms with Crippen LogP contribution in [-0.2, 0) is 17.8 Å². The maximum Gasteiger partial charge on any atom is 0.419 e. The van der Waals surface area contributed by atoms with Crippen LogP contribution in [-0.4, -0.2) is 10.5 Å². The summed E-state index contributed by atoms with van der Waals surface area (Å²) in [6, 6.07) is 13.5. The van der Waals surface area contributed by atoms with Gasteiger partial charge in [-0.1, -0.05) is 25.5 Å². The number of carbonyl (C=O) groups is 1. The van der Waals surface area contributed by atoms with E-state index in [1.165, 1.54) is 16.7 Å². The fourth-order valence-electron chi connectivity index (χ4n) is 3.36. The lowest BCUT2D eigenvalue weighted by Crippen LogP contribution is -2.18. The molecular formula is C22H19NO6. The van der Waals surface area contributed by atoms with E-state index in [4.69, 9.17) is 13.6 Å². The van der Waals surface area contributed by atoms with Gasteiger partial charge in [-0.15, -0.1) is 0 Å². The fourth-order valence-corrected chi connectivity index (χ4v) is 3.36. The van der Waals surface area contributed by atoms with Crippen LogP contribution in [0.3, 0.4) is 0 Å². The van der Waals surface area contributed by atoms with Gasteiger partial charge in [-0.25, -0.2) is 9.59 Å². The number of aromatic nitrogens is 1. The third-order valence-corrected chi connectivity index (χ3v) is 4.67. The molecule has 0 aliphatic heterocycles. The summed E-state index contributed by atoms with van der Waals surface area (Å²) in [6.07, 6.45) is 1.65. The zero-order valence-electron chi connectivity index (χ0n) is 15.8. The molecule has 0 fully saturated rings. The highest BCUT2D eigenvalue weighted by atomic mass is 16.5. The smallest absolute Gasteiger partial charge is 0.419 e. The highest BCUT2D eigenvalue weighted by Crippen LogP contribution is 2.24. The molecule has 0 saturated heterocycles. The van der Waals surface area contributed by atoms with Crippen molar-refractivity contribution in [3.05, 3.63) is 75.1 Å².